The van der Waals surface area contributed by atoms with Gasteiger partial charge in [0.05, 0.1) is 5.71 Å². The Balaban J connectivity index is 2.16. The lowest BCUT2D eigenvalue weighted by atomic mass is 9.83. The number of benzene rings is 2. The van der Waals surface area contributed by atoms with Gasteiger partial charge in [0, 0.05) is 18.9 Å². The average Bonchev–Trinajstić information content (AvgIpc) is 3.09. The molecular formula is C21H17F3N2O2. The Morgan fingerprint density at radius 2 is 1.89 bits per heavy atom. The van der Waals surface area contributed by atoms with E-state index in [2.05, 4.69) is 5.10 Å². The molecule has 1 amide bonds. The number of hydrogen-bond donors (Lipinski definition) is 0. The van der Waals surface area contributed by atoms with Crippen molar-refractivity contribution in [3.05, 3.63) is 83.4 Å². The molecule has 7 heteroatoms. The second kappa shape index (κ2) is 7.80. The lowest BCUT2D eigenvalue weighted by molar-refractivity contribution is -0.133. The second-order valence-electron chi connectivity index (χ2n) is 6.40. The summed E-state index contributed by atoms with van der Waals surface area (Å²) >= 11 is 0. The molecule has 3 rings (SSSR count). The summed E-state index contributed by atoms with van der Waals surface area (Å²) < 4.78 is 40.7. The Labute approximate surface area is 160 Å². The molecule has 0 bridgehead atoms. The molecule has 0 unspecified atom stereocenters. The molecule has 4 nitrogen and oxygen atoms in total. The van der Waals surface area contributed by atoms with Crippen molar-refractivity contribution in [3.63, 3.8) is 0 Å². The second-order valence-corrected chi connectivity index (χ2v) is 6.40. The molecule has 2 aromatic carbocycles. The topological polar surface area (TPSA) is 49.7 Å². The molecule has 0 aliphatic carbocycles. The third kappa shape index (κ3) is 3.60. The number of allylic oxidation sites excluding steroid dienone is 1. The van der Waals surface area contributed by atoms with Crippen molar-refractivity contribution >= 4 is 17.4 Å². The molecule has 0 aromatic heterocycles. The standard InChI is InChI=1S/C21H17F3N2O2/c1-14(27)26-21(10-9-17(28)13-22,15-5-3-2-4-6-15)12-20(25-26)18-11-16(23)7-8-19(18)24/h2-11H,12-13H2,1H3/b10-9+/t21-/m0/s1. The quantitative estimate of drug-likeness (QED) is 0.732. The number of carbonyl (C=O) groups excluding carboxylic acids is 2. The summed E-state index contributed by atoms with van der Waals surface area (Å²) in [7, 11) is 0. The number of nitrogens with zero attached hydrogens (tertiary/aromatic N) is 2. The number of hydrazone groups is 1. The largest absolute Gasteiger partial charge is 0.292 e. The van der Waals surface area contributed by atoms with Gasteiger partial charge in [0.1, 0.15) is 17.2 Å². The first-order chi connectivity index (χ1) is 13.4. The number of hydrogen-bond acceptors (Lipinski definition) is 3. The monoisotopic (exact) mass is 386 g/mol. The summed E-state index contributed by atoms with van der Waals surface area (Å²) in [6.45, 7) is 0.0879. The van der Waals surface area contributed by atoms with E-state index in [4.69, 9.17) is 0 Å². The van der Waals surface area contributed by atoms with Gasteiger partial charge in [-0.15, -0.1) is 0 Å². The van der Waals surface area contributed by atoms with Gasteiger partial charge < -0.3 is 0 Å². The summed E-state index contributed by atoms with van der Waals surface area (Å²) in [5.74, 6) is -2.57. The molecular weight excluding hydrogens is 369 g/mol. The van der Waals surface area contributed by atoms with Gasteiger partial charge in [0.2, 0.25) is 5.91 Å². The number of carbonyl (C=O) groups is 2. The van der Waals surface area contributed by atoms with E-state index in [1.165, 1.54) is 13.0 Å². The van der Waals surface area contributed by atoms with Crippen LogP contribution in [-0.4, -0.2) is 29.1 Å². The van der Waals surface area contributed by atoms with Crippen molar-refractivity contribution in [3.8, 4) is 0 Å². The molecule has 0 saturated carbocycles. The summed E-state index contributed by atoms with van der Waals surface area (Å²) in [6.07, 6.45) is 2.43. The highest BCUT2D eigenvalue weighted by Crippen LogP contribution is 2.41. The van der Waals surface area contributed by atoms with E-state index >= 15 is 0 Å². The van der Waals surface area contributed by atoms with Crippen molar-refractivity contribution in [2.45, 2.75) is 18.9 Å². The summed E-state index contributed by atoms with van der Waals surface area (Å²) in [5, 5.41) is 5.35. The van der Waals surface area contributed by atoms with Crippen molar-refractivity contribution in [2.24, 2.45) is 5.10 Å². The summed E-state index contributed by atoms with van der Waals surface area (Å²) in [6, 6.07) is 11.7. The zero-order valence-electron chi connectivity index (χ0n) is 15.0. The molecule has 28 heavy (non-hydrogen) atoms. The molecule has 1 atom stereocenters. The minimum Gasteiger partial charge on any atom is -0.292 e. The smallest absolute Gasteiger partial charge is 0.240 e. The Hall–Kier alpha value is -3.22. The van der Waals surface area contributed by atoms with Gasteiger partial charge in [0.15, 0.2) is 12.5 Å². The highest BCUT2D eigenvalue weighted by atomic mass is 19.1. The Morgan fingerprint density at radius 3 is 2.54 bits per heavy atom. The van der Waals surface area contributed by atoms with Crippen LogP contribution >= 0.6 is 0 Å². The molecule has 144 valence electrons. The van der Waals surface area contributed by atoms with Crippen LogP contribution < -0.4 is 0 Å². The van der Waals surface area contributed by atoms with Crippen LogP contribution in [0.5, 0.6) is 0 Å². The zero-order chi connectivity index (χ0) is 20.3. The molecule has 1 heterocycles. The van der Waals surface area contributed by atoms with Gasteiger partial charge in [-0.3, -0.25) is 9.59 Å². The van der Waals surface area contributed by atoms with Crippen LogP contribution in [0.3, 0.4) is 0 Å². The van der Waals surface area contributed by atoms with E-state index < -0.39 is 35.5 Å². The minimum absolute atomic E-state index is 0.00691. The van der Waals surface area contributed by atoms with Crippen molar-refractivity contribution < 1.29 is 22.8 Å². The summed E-state index contributed by atoms with van der Waals surface area (Å²) in [5.41, 5.74) is -0.585. The number of alkyl halides is 1. The fourth-order valence-corrected chi connectivity index (χ4v) is 3.25. The van der Waals surface area contributed by atoms with Crippen LogP contribution in [0.1, 0.15) is 24.5 Å². The maximum Gasteiger partial charge on any atom is 0.240 e. The number of ketones is 1. The Kier molecular flexibility index (Phi) is 5.44. The predicted molar refractivity (Wildman–Crippen MR) is 98.3 cm³/mol. The maximum atomic E-state index is 14.3. The van der Waals surface area contributed by atoms with E-state index in [0.717, 1.165) is 29.3 Å². The maximum absolute atomic E-state index is 14.3. The van der Waals surface area contributed by atoms with Crippen molar-refractivity contribution in [1.29, 1.82) is 0 Å². The van der Waals surface area contributed by atoms with Crippen LogP contribution in [0.2, 0.25) is 0 Å². The third-order valence-corrected chi connectivity index (χ3v) is 4.52. The lowest BCUT2D eigenvalue weighted by Crippen LogP contribution is -2.41. The lowest BCUT2D eigenvalue weighted by Gasteiger charge is -2.33. The molecule has 0 fully saturated rings. The molecule has 0 spiro atoms. The highest BCUT2D eigenvalue weighted by Gasteiger charge is 2.45. The van der Waals surface area contributed by atoms with Crippen LogP contribution in [0.4, 0.5) is 13.2 Å². The van der Waals surface area contributed by atoms with E-state index in [1.54, 1.807) is 30.3 Å². The number of halogens is 3. The molecule has 0 N–H and O–H groups in total. The number of rotatable bonds is 5. The summed E-state index contributed by atoms with van der Waals surface area (Å²) in [4.78, 5) is 23.9. The van der Waals surface area contributed by atoms with Gasteiger partial charge in [-0.2, -0.15) is 5.10 Å². The van der Waals surface area contributed by atoms with Crippen LogP contribution in [0.15, 0.2) is 65.8 Å². The predicted octanol–water partition coefficient (Wildman–Crippen LogP) is 3.91. The van der Waals surface area contributed by atoms with Gasteiger partial charge in [-0.1, -0.05) is 30.3 Å². The fraction of sp³-hybridized carbons (Fsp3) is 0.190. The SMILES string of the molecule is CC(=O)N1N=C(c2cc(F)ccc2F)C[C@@]1(/C=C/C(=O)CF)c1ccccc1. The van der Waals surface area contributed by atoms with E-state index in [1.807, 2.05) is 0 Å². The van der Waals surface area contributed by atoms with Gasteiger partial charge in [0.25, 0.3) is 0 Å². The first-order valence-corrected chi connectivity index (χ1v) is 8.54. The van der Waals surface area contributed by atoms with Gasteiger partial charge in [-0.05, 0) is 35.9 Å². The highest BCUT2D eigenvalue weighted by molar-refractivity contribution is 6.04. The van der Waals surface area contributed by atoms with Crippen LogP contribution in [0.25, 0.3) is 0 Å². The van der Waals surface area contributed by atoms with Crippen molar-refractivity contribution in [2.75, 3.05) is 6.67 Å². The van der Waals surface area contributed by atoms with E-state index in [-0.39, 0.29) is 17.7 Å². The zero-order valence-corrected chi connectivity index (χ0v) is 15.0. The van der Waals surface area contributed by atoms with E-state index in [0.29, 0.717) is 5.56 Å². The normalized spacial score (nSPS) is 19.1. The average molecular weight is 386 g/mol. The fourth-order valence-electron chi connectivity index (χ4n) is 3.25. The van der Waals surface area contributed by atoms with Gasteiger partial charge >= 0.3 is 0 Å². The first kappa shape index (κ1) is 19.5. The Morgan fingerprint density at radius 1 is 1.18 bits per heavy atom. The number of amides is 1. The van der Waals surface area contributed by atoms with E-state index in [9.17, 15) is 22.8 Å². The van der Waals surface area contributed by atoms with Crippen LogP contribution in [-0.2, 0) is 15.1 Å². The molecule has 1 aliphatic rings. The van der Waals surface area contributed by atoms with Crippen LogP contribution in [0, 0.1) is 11.6 Å². The third-order valence-electron chi connectivity index (χ3n) is 4.52. The van der Waals surface area contributed by atoms with Crippen molar-refractivity contribution in [1.82, 2.24) is 5.01 Å². The first-order valence-electron chi connectivity index (χ1n) is 8.54. The molecule has 2 aromatic rings. The Bertz CT molecular complexity index is 973. The minimum atomic E-state index is -1.26. The molecule has 0 radical (unpaired) electrons. The molecule has 1 aliphatic heterocycles. The van der Waals surface area contributed by atoms with Gasteiger partial charge in [-0.25, -0.2) is 18.2 Å². The molecule has 0 saturated heterocycles.